The molecule has 3 atom stereocenters. The van der Waals surface area contributed by atoms with Gasteiger partial charge in [0.1, 0.15) is 5.60 Å². The molecular formula is C17H29NO5S. The summed E-state index contributed by atoms with van der Waals surface area (Å²) < 4.78 is 17.1. The molecule has 1 fully saturated rings. The molecule has 0 bridgehead atoms. The number of hydrogen-bond donors (Lipinski definition) is 0. The molecule has 1 rings (SSSR count). The average Bonchev–Trinajstić information content (AvgIpc) is 2.34. The Morgan fingerprint density at radius 1 is 1.25 bits per heavy atom. The molecule has 0 aromatic carbocycles. The van der Waals surface area contributed by atoms with Gasteiger partial charge in [0.25, 0.3) is 0 Å². The average molecular weight is 359 g/mol. The van der Waals surface area contributed by atoms with Crippen LogP contribution in [0.5, 0.6) is 0 Å². The molecule has 3 amide bonds. The van der Waals surface area contributed by atoms with Crippen molar-refractivity contribution in [3.8, 4) is 0 Å². The molecule has 0 aromatic rings. The predicted octanol–water partition coefficient (Wildman–Crippen LogP) is 2.87. The highest BCUT2D eigenvalue weighted by Gasteiger charge is 2.43. The zero-order valence-electron chi connectivity index (χ0n) is 15.7. The van der Waals surface area contributed by atoms with E-state index < -0.39 is 40.2 Å². The Labute approximate surface area is 146 Å². The molecule has 1 aliphatic rings. The lowest BCUT2D eigenvalue weighted by Crippen LogP contribution is -2.52. The van der Waals surface area contributed by atoms with Gasteiger partial charge in [0.05, 0.1) is 0 Å². The zero-order valence-corrected chi connectivity index (χ0v) is 16.5. The van der Waals surface area contributed by atoms with Gasteiger partial charge in [-0.15, -0.1) is 0 Å². The summed E-state index contributed by atoms with van der Waals surface area (Å²) in [6.45, 7) is 12.5. The number of piperidine rings is 1. The SMILES string of the molecule is CC(CS(=O)C(C)(C)C)C1CCC(=O)N(C(=O)OC(C)(C)C)C1=O. The van der Waals surface area contributed by atoms with Gasteiger partial charge in [0.15, 0.2) is 0 Å². The molecule has 0 saturated carbocycles. The minimum atomic E-state index is -1.10. The number of nitrogens with zero attached hydrogens (tertiary/aromatic N) is 1. The lowest BCUT2D eigenvalue weighted by Gasteiger charge is -2.34. The highest BCUT2D eigenvalue weighted by Crippen LogP contribution is 2.29. The van der Waals surface area contributed by atoms with Crippen molar-refractivity contribution in [2.24, 2.45) is 11.8 Å². The van der Waals surface area contributed by atoms with E-state index in [4.69, 9.17) is 4.74 Å². The molecule has 0 aromatic heterocycles. The molecule has 1 saturated heterocycles. The van der Waals surface area contributed by atoms with Crippen LogP contribution in [0.4, 0.5) is 4.79 Å². The fourth-order valence-electron chi connectivity index (χ4n) is 2.44. The number of carbonyl (C=O) groups excluding carboxylic acids is 3. The number of ether oxygens (including phenoxy) is 1. The Kier molecular flexibility index (Phi) is 6.36. The fourth-order valence-corrected chi connectivity index (χ4v) is 3.65. The van der Waals surface area contributed by atoms with Gasteiger partial charge in [-0.2, -0.15) is 4.90 Å². The van der Waals surface area contributed by atoms with Gasteiger partial charge < -0.3 is 4.74 Å². The zero-order chi connectivity index (χ0) is 18.9. The summed E-state index contributed by atoms with van der Waals surface area (Å²) in [5.41, 5.74) is -0.788. The van der Waals surface area contributed by atoms with Gasteiger partial charge in [0, 0.05) is 33.6 Å². The lowest BCUT2D eigenvalue weighted by atomic mass is 9.87. The molecule has 7 heteroatoms. The number of imide groups is 3. The predicted molar refractivity (Wildman–Crippen MR) is 92.7 cm³/mol. The molecule has 0 radical (unpaired) electrons. The van der Waals surface area contributed by atoms with Crippen molar-refractivity contribution in [1.82, 2.24) is 4.90 Å². The van der Waals surface area contributed by atoms with E-state index in [2.05, 4.69) is 0 Å². The van der Waals surface area contributed by atoms with Crippen molar-refractivity contribution in [3.05, 3.63) is 0 Å². The Hall–Kier alpha value is -1.24. The van der Waals surface area contributed by atoms with E-state index in [1.807, 2.05) is 27.7 Å². The van der Waals surface area contributed by atoms with E-state index in [1.165, 1.54) is 0 Å². The van der Waals surface area contributed by atoms with Gasteiger partial charge in [-0.3, -0.25) is 13.8 Å². The normalized spacial score (nSPS) is 22.3. The molecule has 0 N–H and O–H groups in total. The van der Waals surface area contributed by atoms with E-state index in [0.29, 0.717) is 17.1 Å². The summed E-state index contributed by atoms with van der Waals surface area (Å²) in [6.07, 6.45) is -0.437. The number of amides is 3. The summed E-state index contributed by atoms with van der Waals surface area (Å²) in [7, 11) is -1.10. The highest BCUT2D eigenvalue weighted by atomic mass is 32.2. The maximum Gasteiger partial charge on any atom is 0.424 e. The first-order valence-corrected chi connectivity index (χ1v) is 9.54. The molecule has 3 unspecified atom stereocenters. The van der Waals surface area contributed by atoms with E-state index in [-0.39, 0.29) is 17.1 Å². The van der Waals surface area contributed by atoms with Crippen molar-refractivity contribution in [1.29, 1.82) is 0 Å². The Bertz CT molecular complexity index is 544. The highest BCUT2D eigenvalue weighted by molar-refractivity contribution is 7.86. The minimum absolute atomic E-state index is 0.113. The summed E-state index contributed by atoms with van der Waals surface area (Å²) >= 11 is 0. The van der Waals surface area contributed by atoms with Crippen molar-refractivity contribution in [2.45, 2.75) is 71.7 Å². The molecule has 0 aliphatic carbocycles. The second kappa shape index (κ2) is 7.33. The Morgan fingerprint density at radius 3 is 2.25 bits per heavy atom. The minimum Gasteiger partial charge on any atom is -0.443 e. The molecule has 1 heterocycles. The number of hydrogen-bond acceptors (Lipinski definition) is 5. The number of likely N-dealkylation sites (tertiary alicyclic amines) is 1. The van der Waals surface area contributed by atoms with E-state index in [0.717, 1.165) is 0 Å². The lowest BCUT2D eigenvalue weighted by molar-refractivity contribution is -0.151. The van der Waals surface area contributed by atoms with Crippen LogP contribution in [0.1, 0.15) is 61.3 Å². The first-order valence-electron chi connectivity index (χ1n) is 8.22. The molecule has 6 nitrogen and oxygen atoms in total. The Balaban J connectivity index is 2.89. The fraction of sp³-hybridized carbons (Fsp3) is 0.824. The third-order valence-corrected chi connectivity index (χ3v) is 6.01. The molecule has 1 aliphatic heterocycles. The second-order valence-electron chi connectivity index (χ2n) is 8.29. The van der Waals surface area contributed by atoms with Gasteiger partial charge in [0.2, 0.25) is 11.8 Å². The molecule has 24 heavy (non-hydrogen) atoms. The summed E-state index contributed by atoms with van der Waals surface area (Å²) in [6, 6.07) is 0. The summed E-state index contributed by atoms with van der Waals surface area (Å²) in [5.74, 6) is -1.40. The topological polar surface area (TPSA) is 80.8 Å². The number of rotatable bonds is 3. The first kappa shape index (κ1) is 20.8. The van der Waals surface area contributed by atoms with E-state index in [1.54, 1.807) is 20.8 Å². The quantitative estimate of drug-likeness (QED) is 0.724. The Morgan fingerprint density at radius 2 is 1.79 bits per heavy atom. The van der Waals surface area contributed by atoms with E-state index >= 15 is 0 Å². The van der Waals surface area contributed by atoms with Crippen LogP contribution in [0, 0.1) is 11.8 Å². The molecule has 0 spiro atoms. The van der Waals surface area contributed by atoms with Crippen LogP contribution >= 0.6 is 0 Å². The van der Waals surface area contributed by atoms with Crippen molar-refractivity contribution in [2.75, 3.05) is 5.75 Å². The van der Waals surface area contributed by atoms with Crippen molar-refractivity contribution < 1.29 is 23.3 Å². The van der Waals surface area contributed by atoms with Crippen LogP contribution in [-0.4, -0.2) is 43.1 Å². The molecular weight excluding hydrogens is 330 g/mol. The standard InChI is InChI=1S/C17H29NO5S/c1-11(10-24(22)17(5,6)7)12-8-9-13(19)18(14(12)20)15(21)23-16(2,3)4/h11-12H,8-10H2,1-7H3. The first-order chi connectivity index (χ1) is 10.7. The monoisotopic (exact) mass is 359 g/mol. The van der Waals surface area contributed by atoms with Crippen LogP contribution < -0.4 is 0 Å². The summed E-state index contributed by atoms with van der Waals surface area (Å²) in [5, 5.41) is 0. The van der Waals surface area contributed by atoms with E-state index in [9.17, 15) is 18.6 Å². The maximum absolute atomic E-state index is 12.6. The summed E-state index contributed by atoms with van der Waals surface area (Å²) in [4.78, 5) is 37.5. The van der Waals surface area contributed by atoms with Gasteiger partial charge in [-0.05, 0) is 53.9 Å². The van der Waals surface area contributed by atoms with Crippen molar-refractivity contribution in [3.63, 3.8) is 0 Å². The van der Waals surface area contributed by atoms with Crippen LogP contribution in [0.15, 0.2) is 0 Å². The smallest absolute Gasteiger partial charge is 0.424 e. The maximum atomic E-state index is 12.6. The van der Waals surface area contributed by atoms with Crippen LogP contribution in [-0.2, 0) is 25.1 Å². The number of carbonyl (C=O) groups is 3. The van der Waals surface area contributed by atoms with Gasteiger partial charge in [-0.25, -0.2) is 4.79 Å². The van der Waals surface area contributed by atoms with Gasteiger partial charge in [-0.1, -0.05) is 6.92 Å². The van der Waals surface area contributed by atoms with Crippen molar-refractivity contribution >= 4 is 28.7 Å². The third-order valence-electron chi connectivity index (χ3n) is 3.82. The second-order valence-corrected chi connectivity index (χ2v) is 10.5. The van der Waals surface area contributed by atoms with Crippen LogP contribution in [0.3, 0.4) is 0 Å². The van der Waals surface area contributed by atoms with Crippen LogP contribution in [0.25, 0.3) is 0 Å². The largest absolute Gasteiger partial charge is 0.443 e. The van der Waals surface area contributed by atoms with Gasteiger partial charge >= 0.3 is 6.09 Å². The molecule has 138 valence electrons. The van der Waals surface area contributed by atoms with Crippen LogP contribution in [0.2, 0.25) is 0 Å². The third kappa shape index (κ3) is 5.40.